The van der Waals surface area contributed by atoms with E-state index in [1.54, 1.807) is 24.3 Å². The lowest BCUT2D eigenvalue weighted by atomic mass is 9.94. The molecule has 1 N–H and O–H groups in total. The first kappa shape index (κ1) is 22.8. The van der Waals surface area contributed by atoms with Crippen molar-refractivity contribution in [1.29, 1.82) is 0 Å². The monoisotopic (exact) mass is 455 g/mol. The minimum Gasteiger partial charge on any atom is -0.371 e. The Morgan fingerprint density at radius 2 is 1.53 bits per heavy atom. The average Bonchev–Trinajstić information content (AvgIpc) is 2.84. The van der Waals surface area contributed by atoms with Crippen molar-refractivity contribution in [3.05, 3.63) is 60.2 Å². The van der Waals surface area contributed by atoms with Crippen LogP contribution in [0.1, 0.15) is 55.3 Å². The topological polar surface area (TPSA) is 69.7 Å². The highest BCUT2D eigenvalue weighted by Crippen LogP contribution is 2.28. The van der Waals surface area contributed by atoms with Gasteiger partial charge in [0.05, 0.1) is 10.5 Å². The third-order valence-corrected chi connectivity index (χ3v) is 8.32. The quantitative estimate of drug-likeness (QED) is 0.714. The average molecular weight is 456 g/mol. The Labute approximate surface area is 191 Å². The summed E-state index contributed by atoms with van der Waals surface area (Å²) in [6.45, 7) is 1.42. The van der Waals surface area contributed by atoms with Gasteiger partial charge in [-0.2, -0.15) is 0 Å². The van der Waals surface area contributed by atoms with E-state index in [-0.39, 0.29) is 11.9 Å². The lowest BCUT2D eigenvalue weighted by Crippen LogP contribution is -2.45. The number of benzene rings is 2. The molecular formula is C25H33N3O3S. The zero-order chi connectivity index (χ0) is 22.6. The number of para-hydroxylation sites is 1. The number of nitrogens with one attached hydrogen (secondary N) is 1. The Kier molecular flexibility index (Phi) is 7.16. The molecule has 2 aromatic carbocycles. The second kappa shape index (κ2) is 10.0. The van der Waals surface area contributed by atoms with Crippen LogP contribution in [0.3, 0.4) is 0 Å². The van der Waals surface area contributed by atoms with Crippen molar-refractivity contribution in [2.24, 2.45) is 0 Å². The van der Waals surface area contributed by atoms with E-state index >= 15 is 0 Å². The van der Waals surface area contributed by atoms with E-state index in [4.69, 9.17) is 0 Å². The largest absolute Gasteiger partial charge is 0.371 e. The predicted molar refractivity (Wildman–Crippen MR) is 127 cm³/mol. The number of nitrogens with zero attached hydrogens (tertiary/aromatic N) is 2. The van der Waals surface area contributed by atoms with Gasteiger partial charge < -0.3 is 9.80 Å². The Morgan fingerprint density at radius 3 is 2.22 bits per heavy atom. The van der Waals surface area contributed by atoms with E-state index in [0.29, 0.717) is 36.9 Å². The lowest BCUT2D eigenvalue weighted by molar-refractivity contribution is 0.0697. The summed E-state index contributed by atoms with van der Waals surface area (Å²) in [6.07, 6.45) is 7.21. The van der Waals surface area contributed by atoms with Gasteiger partial charge in [0, 0.05) is 37.9 Å². The fourth-order valence-corrected chi connectivity index (χ4v) is 6.21. The molecular weight excluding hydrogens is 422 g/mol. The Bertz CT molecular complexity index is 1010. The molecule has 1 saturated carbocycles. The van der Waals surface area contributed by atoms with Gasteiger partial charge in [0.15, 0.2) is 0 Å². The van der Waals surface area contributed by atoms with Gasteiger partial charge in [-0.15, -0.1) is 0 Å². The van der Waals surface area contributed by atoms with Crippen molar-refractivity contribution in [3.8, 4) is 0 Å². The smallest absolute Gasteiger partial charge is 0.255 e. The number of amides is 1. The van der Waals surface area contributed by atoms with Crippen LogP contribution < -0.4 is 9.62 Å². The second-order valence-electron chi connectivity index (χ2n) is 8.92. The van der Waals surface area contributed by atoms with E-state index in [1.165, 1.54) is 19.3 Å². The number of anilines is 1. The number of carbonyl (C=O) groups excluding carboxylic acids is 1. The fraction of sp³-hybridized carbons (Fsp3) is 0.480. The van der Waals surface area contributed by atoms with Crippen molar-refractivity contribution in [2.75, 3.05) is 25.0 Å². The van der Waals surface area contributed by atoms with Crippen LogP contribution in [-0.4, -0.2) is 51.4 Å². The van der Waals surface area contributed by atoms with E-state index < -0.39 is 10.0 Å². The first-order chi connectivity index (χ1) is 15.5. The van der Waals surface area contributed by atoms with E-state index in [2.05, 4.69) is 9.62 Å². The van der Waals surface area contributed by atoms with Gasteiger partial charge >= 0.3 is 0 Å². The van der Waals surface area contributed by atoms with Gasteiger partial charge in [0.1, 0.15) is 0 Å². The second-order valence-corrected chi connectivity index (χ2v) is 10.6. The minimum absolute atomic E-state index is 0.0828. The van der Waals surface area contributed by atoms with Gasteiger partial charge in [0.25, 0.3) is 5.91 Å². The zero-order valence-electron chi connectivity index (χ0n) is 18.7. The fourth-order valence-electron chi connectivity index (χ4n) is 4.88. The molecule has 1 aliphatic heterocycles. The molecule has 1 heterocycles. The molecule has 0 radical (unpaired) electrons. The Balaban J connectivity index is 1.41. The van der Waals surface area contributed by atoms with Gasteiger partial charge in [0.2, 0.25) is 10.0 Å². The van der Waals surface area contributed by atoms with E-state index in [1.807, 2.05) is 42.3 Å². The number of rotatable bonds is 6. The summed E-state index contributed by atoms with van der Waals surface area (Å²) in [5, 5.41) is 0. The molecule has 2 aliphatic rings. The van der Waals surface area contributed by atoms with Crippen molar-refractivity contribution in [2.45, 2.75) is 61.9 Å². The number of piperidine rings is 1. The van der Waals surface area contributed by atoms with Crippen molar-refractivity contribution in [1.82, 2.24) is 9.62 Å². The van der Waals surface area contributed by atoms with Crippen LogP contribution in [0.4, 0.5) is 5.69 Å². The van der Waals surface area contributed by atoms with Crippen LogP contribution in [0.2, 0.25) is 0 Å². The maximum absolute atomic E-state index is 13.3. The third-order valence-electron chi connectivity index (χ3n) is 6.79. The third kappa shape index (κ3) is 5.15. The summed E-state index contributed by atoms with van der Waals surface area (Å²) in [5.41, 5.74) is 1.69. The SMILES string of the molecule is CN(C(=O)c1ccccc1N1CCC(NS(=O)(=O)c2ccccc2)CC1)C1CCCCC1. The molecule has 1 saturated heterocycles. The van der Waals surface area contributed by atoms with Crippen LogP contribution in [0, 0.1) is 0 Å². The molecule has 2 fully saturated rings. The number of hydrogen-bond donors (Lipinski definition) is 1. The highest BCUT2D eigenvalue weighted by Gasteiger charge is 2.29. The van der Waals surface area contributed by atoms with Crippen LogP contribution in [0.25, 0.3) is 0 Å². The van der Waals surface area contributed by atoms with E-state index in [0.717, 1.165) is 24.1 Å². The summed E-state index contributed by atoms with van der Waals surface area (Å²) < 4.78 is 28.1. The van der Waals surface area contributed by atoms with E-state index in [9.17, 15) is 13.2 Å². The molecule has 7 heteroatoms. The summed E-state index contributed by atoms with van der Waals surface area (Å²) >= 11 is 0. The molecule has 6 nitrogen and oxygen atoms in total. The maximum atomic E-state index is 13.3. The molecule has 0 bridgehead atoms. The normalized spacial score (nSPS) is 18.5. The first-order valence-corrected chi connectivity index (χ1v) is 13.1. The molecule has 32 heavy (non-hydrogen) atoms. The summed E-state index contributed by atoms with van der Waals surface area (Å²) in [5.74, 6) is 0.0828. The highest BCUT2D eigenvalue weighted by molar-refractivity contribution is 7.89. The van der Waals surface area contributed by atoms with Crippen LogP contribution >= 0.6 is 0 Å². The van der Waals surface area contributed by atoms with Crippen molar-refractivity contribution >= 4 is 21.6 Å². The maximum Gasteiger partial charge on any atom is 0.255 e. The van der Waals surface area contributed by atoms with Crippen LogP contribution in [0.5, 0.6) is 0 Å². The predicted octanol–water partition coefficient (Wildman–Crippen LogP) is 4.04. The summed E-state index contributed by atoms with van der Waals surface area (Å²) in [6, 6.07) is 16.5. The molecule has 1 aliphatic carbocycles. The zero-order valence-corrected chi connectivity index (χ0v) is 19.6. The van der Waals surface area contributed by atoms with Gasteiger partial charge in [-0.25, -0.2) is 13.1 Å². The van der Waals surface area contributed by atoms with Crippen molar-refractivity contribution in [3.63, 3.8) is 0 Å². The molecule has 1 amide bonds. The standard InChI is InChI=1S/C25H33N3O3S/c1-27(21-10-4-2-5-11-21)25(29)23-14-8-9-15-24(23)28-18-16-20(17-19-28)26-32(30,31)22-12-6-3-7-13-22/h3,6-9,12-15,20-21,26H,2,4-5,10-11,16-19H2,1H3. The Hall–Kier alpha value is -2.38. The molecule has 4 rings (SSSR count). The highest BCUT2D eigenvalue weighted by atomic mass is 32.2. The van der Waals surface area contributed by atoms with Crippen LogP contribution in [-0.2, 0) is 10.0 Å². The number of sulfonamides is 1. The summed E-state index contributed by atoms with van der Waals surface area (Å²) in [7, 11) is -1.59. The first-order valence-electron chi connectivity index (χ1n) is 11.6. The molecule has 2 aromatic rings. The number of hydrogen-bond acceptors (Lipinski definition) is 4. The van der Waals surface area contributed by atoms with Gasteiger partial charge in [-0.05, 0) is 49.9 Å². The molecule has 0 spiro atoms. The number of carbonyl (C=O) groups is 1. The Morgan fingerprint density at radius 1 is 0.906 bits per heavy atom. The summed E-state index contributed by atoms with van der Waals surface area (Å²) in [4.78, 5) is 17.8. The van der Waals surface area contributed by atoms with Crippen molar-refractivity contribution < 1.29 is 13.2 Å². The minimum atomic E-state index is -3.52. The van der Waals surface area contributed by atoms with Gasteiger partial charge in [-0.3, -0.25) is 4.79 Å². The molecule has 172 valence electrons. The lowest BCUT2D eigenvalue weighted by Gasteiger charge is -2.36. The molecule has 0 atom stereocenters. The molecule has 0 aromatic heterocycles. The van der Waals surface area contributed by atoms with Gasteiger partial charge in [-0.1, -0.05) is 49.6 Å². The van der Waals surface area contributed by atoms with Crippen LogP contribution in [0.15, 0.2) is 59.5 Å². The molecule has 0 unspecified atom stereocenters.